The van der Waals surface area contributed by atoms with Crippen LogP contribution in [0.4, 0.5) is 0 Å². The molecule has 3 rings (SSSR count). The second-order valence-corrected chi connectivity index (χ2v) is 6.36. The van der Waals surface area contributed by atoms with Crippen LogP contribution in [0.15, 0.2) is 60.7 Å². The fraction of sp³-hybridized carbons (Fsp3) is 0.222. The zero-order valence-corrected chi connectivity index (χ0v) is 13.4. The summed E-state index contributed by atoms with van der Waals surface area (Å²) in [5.41, 5.74) is 0.243. The molecule has 110 valence electrons. The van der Waals surface area contributed by atoms with E-state index in [9.17, 15) is 10.1 Å². The predicted octanol–water partition coefficient (Wildman–Crippen LogP) is 3.84. The molecule has 0 aliphatic carbocycles. The topological polar surface area (TPSA) is 50.1 Å². The Kier molecular flexibility index (Phi) is 4.10. The van der Waals surface area contributed by atoms with E-state index in [1.54, 1.807) is 12.1 Å². The Labute approximate surface area is 137 Å². The molecular formula is C18H14BrNO2. The molecule has 0 aromatic heterocycles. The molecule has 0 unspecified atom stereocenters. The van der Waals surface area contributed by atoms with Crippen molar-refractivity contribution in [1.82, 2.24) is 0 Å². The molecule has 0 amide bonds. The van der Waals surface area contributed by atoms with Gasteiger partial charge >= 0.3 is 0 Å². The van der Waals surface area contributed by atoms with Gasteiger partial charge in [0.15, 0.2) is 11.4 Å². The molecule has 1 heterocycles. The number of halogens is 1. The van der Waals surface area contributed by atoms with Gasteiger partial charge in [-0.3, -0.25) is 4.79 Å². The molecule has 2 aromatic carbocycles. The molecule has 0 N–H and O–H groups in total. The lowest BCUT2D eigenvalue weighted by molar-refractivity contribution is 0.00296. The van der Waals surface area contributed by atoms with Crippen LogP contribution >= 0.6 is 15.9 Å². The van der Waals surface area contributed by atoms with Gasteiger partial charge < -0.3 is 4.74 Å². The fourth-order valence-electron chi connectivity index (χ4n) is 2.74. The number of ether oxygens (including phenoxy) is 1. The first-order chi connectivity index (χ1) is 10.7. The van der Waals surface area contributed by atoms with Crippen molar-refractivity contribution in [3.05, 3.63) is 71.8 Å². The van der Waals surface area contributed by atoms with Crippen molar-refractivity contribution in [2.24, 2.45) is 0 Å². The summed E-state index contributed by atoms with van der Waals surface area (Å²) in [4.78, 5) is 12.3. The summed E-state index contributed by atoms with van der Waals surface area (Å²) in [6, 6.07) is 20.6. The van der Waals surface area contributed by atoms with Crippen LogP contribution in [0.3, 0.4) is 0 Å². The number of carbonyl (C=O) groups excluding carboxylic acids is 1. The van der Waals surface area contributed by atoms with Crippen molar-refractivity contribution in [2.75, 3.05) is 0 Å². The minimum absolute atomic E-state index is 0.0851. The molecule has 3 atom stereocenters. The fourth-order valence-corrected chi connectivity index (χ4v) is 3.56. The van der Waals surface area contributed by atoms with Crippen LogP contribution in [0.1, 0.15) is 22.3 Å². The lowest BCUT2D eigenvalue weighted by Crippen LogP contribution is -2.32. The summed E-state index contributed by atoms with van der Waals surface area (Å²) < 4.78 is 5.96. The van der Waals surface area contributed by atoms with Crippen LogP contribution < -0.4 is 0 Å². The van der Waals surface area contributed by atoms with E-state index < -0.39 is 11.7 Å². The van der Waals surface area contributed by atoms with Gasteiger partial charge in [-0.2, -0.15) is 5.26 Å². The van der Waals surface area contributed by atoms with Gasteiger partial charge in [-0.1, -0.05) is 76.6 Å². The highest BCUT2D eigenvalue weighted by molar-refractivity contribution is 9.09. The SMILES string of the molecule is N#C[C@]1(c2ccccc2)O[C@H](C(=O)c2ccccc2)C[C@H]1Br. The van der Waals surface area contributed by atoms with Crippen LogP contribution in [-0.2, 0) is 10.3 Å². The minimum atomic E-state index is -1.13. The highest BCUT2D eigenvalue weighted by atomic mass is 79.9. The highest BCUT2D eigenvalue weighted by Crippen LogP contribution is 2.44. The number of Topliss-reactive ketones (excluding diaryl/α,β-unsaturated/α-hetero) is 1. The van der Waals surface area contributed by atoms with Crippen LogP contribution in [-0.4, -0.2) is 16.7 Å². The predicted molar refractivity (Wildman–Crippen MR) is 86.7 cm³/mol. The lowest BCUT2D eigenvalue weighted by atomic mass is 9.92. The first-order valence-electron chi connectivity index (χ1n) is 7.05. The first-order valence-corrected chi connectivity index (χ1v) is 7.97. The number of hydrogen-bond acceptors (Lipinski definition) is 3. The first kappa shape index (κ1) is 15.0. The third kappa shape index (κ3) is 2.47. The zero-order valence-electron chi connectivity index (χ0n) is 11.8. The van der Waals surface area contributed by atoms with Crippen LogP contribution in [0.2, 0.25) is 0 Å². The van der Waals surface area contributed by atoms with Gasteiger partial charge in [0, 0.05) is 5.56 Å². The van der Waals surface area contributed by atoms with Crippen molar-refractivity contribution in [2.45, 2.75) is 23.0 Å². The molecule has 1 aliphatic rings. The third-order valence-electron chi connectivity index (χ3n) is 3.91. The maximum atomic E-state index is 12.6. The summed E-state index contributed by atoms with van der Waals surface area (Å²) in [5, 5.41) is 9.69. The second kappa shape index (κ2) is 6.04. The smallest absolute Gasteiger partial charge is 0.192 e. The monoisotopic (exact) mass is 355 g/mol. The number of hydrogen-bond donors (Lipinski definition) is 0. The van der Waals surface area contributed by atoms with Gasteiger partial charge in [0.1, 0.15) is 12.2 Å². The van der Waals surface area contributed by atoms with Crippen molar-refractivity contribution in [3.63, 3.8) is 0 Å². The van der Waals surface area contributed by atoms with Gasteiger partial charge in [0.2, 0.25) is 0 Å². The zero-order chi connectivity index (χ0) is 15.6. The van der Waals surface area contributed by atoms with Gasteiger partial charge in [-0.15, -0.1) is 0 Å². The lowest BCUT2D eigenvalue weighted by Gasteiger charge is -2.24. The number of nitrogens with zero attached hydrogens (tertiary/aromatic N) is 1. The Morgan fingerprint density at radius 2 is 1.73 bits per heavy atom. The molecular weight excluding hydrogens is 342 g/mol. The molecule has 22 heavy (non-hydrogen) atoms. The van der Waals surface area contributed by atoms with E-state index in [0.717, 1.165) is 5.56 Å². The Bertz CT molecular complexity index is 711. The van der Waals surface area contributed by atoms with Gasteiger partial charge in [-0.05, 0) is 12.0 Å². The largest absolute Gasteiger partial charge is 0.343 e. The number of nitriles is 1. The van der Waals surface area contributed by atoms with E-state index in [1.165, 1.54) is 0 Å². The Hall–Kier alpha value is -1.96. The summed E-state index contributed by atoms with van der Waals surface area (Å²) in [6.07, 6.45) is -0.150. The summed E-state index contributed by atoms with van der Waals surface area (Å²) in [7, 11) is 0. The van der Waals surface area contributed by atoms with Crippen molar-refractivity contribution in [3.8, 4) is 6.07 Å². The number of ketones is 1. The molecule has 1 saturated heterocycles. The molecule has 0 radical (unpaired) electrons. The molecule has 1 fully saturated rings. The van der Waals surface area contributed by atoms with E-state index in [-0.39, 0.29) is 10.6 Å². The molecule has 0 spiro atoms. The van der Waals surface area contributed by atoms with Gasteiger partial charge in [0.25, 0.3) is 0 Å². The molecule has 3 nitrogen and oxygen atoms in total. The van der Waals surface area contributed by atoms with Crippen molar-refractivity contribution >= 4 is 21.7 Å². The van der Waals surface area contributed by atoms with E-state index >= 15 is 0 Å². The van der Waals surface area contributed by atoms with E-state index in [4.69, 9.17) is 4.74 Å². The van der Waals surface area contributed by atoms with Crippen molar-refractivity contribution in [1.29, 1.82) is 5.26 Å². The summed E-state index contributed by atoms with van der Waals surface area (Å²) in [5.74, 6) is -0.0851. The van der Waals surface area contributed by atoms with Crippen LogP contribution in [0, 0.1) is 11.3 Å². The molecule has 0 bridgehead atoms. The number of alkyl halides is 1. The Balaban J connectivity index is 1.91. The Morgan fingerprint density at radius 3 is 2.32 bits per heavy atom. The maximum absolute atomic E-state index is 12.6. The van der Waals surface area contributed by atoms with E-state index in [0.29, 0.717) is 12.0 Å². The number of rotatable bonds is 3. The summed E-state index contributed by atoms with van der Waals surface area (Å²) >= 11 is 3.54. The van der Waals surface area contributed by atoms with E-state index in [2.05, 4.69) is 22.0 Å². The van der Waals surface area contributed by atoms with Crippen LogP contribution in [0.5, 0.6) is 0 Å². The van der Waals surface area contributed by atoms with Crippen LogP contribution in [0.25, 0.3) is 0 Å². The molecule has 4 heteroatoms. The minimum Gasteiger partial charge on any atom is -0.343 e. The number of benzene rings is 2. The summed E-state index contributed by atoms with van der Waals surface area (Å²) in [6.45, 7) is 0. The van der Waals surface area contributed by atoms with Crippen molar-refractivity contribution < 1.29 is 9.53 Å². The second-order valence-electron chi connectivity index (χ2n) is 5.25. The van der Waals surface area contributed by atoms with Gasteiger partial charge in [0.05, 0.1) is 4.83 Å². The average molecular weight is 356 g/mol. The standard InChI is InChI=1S/C18H14BrNO2/c19-16-11-15(17(21)13-7-3-1-4-8-13)22-18(16,12-20)14-9-5-2-6-10-14/h1-10,15-16H,11H2/t15-,16+,18+/m0/s1. The van der Waals surface area contributed by atoms with Gasteiger partial charge in [-0.25, -0.2) is 0 Å². The third-order valence-corrected chi connectivity index (χ3v) is 4.93. The highest BCUT2D eigenvalue weighted by Gasteiger charge is 2.51. The van der Waals surface area contributed by atoms with E-state index in [1.807, 2.05) is 48.5 Å². The molecule has 1 aliphatic heterocycles. The average Bonchev–Trinajstić information content (AvgIpc) is 2.93. The molecule has 0 saturated carbocycles. The normalized spacial score (nSPS) is 27.3. The Morgan fingerprint density at radius 1 is 1.14 bits per heavy atom. The maximum Gasteiger partial charge on any atom is 0.192 e. The quantitative estimate of drug-likeness (QED) is 0.620. The molecule has 2 aromatic rings. The number of carbonyl (C=O) groups is 1.